The molecule has 0 spiro atoms. The van der Waals surface area contributed by atoms with Crippen LogP contribution in [-0.4, -0.2) is 35.2 Å². The van der Waals surface area contributed by atoms with Gasteiger partial charge in [0.25, 0.3) is 11.1 Å². The Morgan fingerprint density at radius 2 is 1.81 bits per heavy atom. The van der Waals surface area contributed by atoms with Gasteiger partial charge in [-0.3, -0.25) is 4.79 Å². The molecular formula is C27H33N3O5S. The number of nitrogens with one attached hydrogen (secondary N) is 2. The zero-order valence-electron chi connectivity index (χ0n) is 21.5. The second-order valence-corrected chi connectivity index (χ2v) is 10.4. The Labute approximate surface area is 216 Å². The summed E-state index contributed by atoms with van der Waals surface area (Å²) in [7, 11) is 0. The van der Waals surface area contributed by atoms with Crippen LogP contribution >= 0.6 is 11.3 Å². The number of rotatable bonds is 9. The number of aromatic nitrogens is 1. The molecule has 0 atom stereocenters. The van der Waals surface area contributed by atoms with E-state index in [9.17, 15) is 9.59 Å². The number of thiazole rings is 1. The molecule has 36 heavy (non-hydrogen) atoms. The molecule has 0 saturated carbocycles. The fourth-order valence-corrected chi connectivity index (χ4v) is 3.84. The van der Waals surface area contributed by atoms with Gasteiger partial charge in [0.15, 0.2) is 0 Å². The van der Waals surface area contributed by atoms with Crippen molar-refractivity contribution in [1.82, 2.24) is 10.3 Å². The predicted molar refractivity (Wildman–Crippen MR) is 142 cm³/mol. The second kappa shape index (κ2) is 11.9. The van der Waals surface area contributed by atoms with E-state index in [0.717, 1.165) is 11.3 Å². The average Bonchev–Trinajstić information content (AvgIpc) is 3.20. The van der Waals surface area contributed by atoms with E-state index < -0.39 is 6.09 Å². The first-order valence-corrected chi connectivity index (χ1v) is 12.6. The molecule has 0 aliphatic heterocycles. The summed E-state index contributed by atoms with van der Waals surface area (Å²) in [5.74, 6) is 0.994. The third-order valence-corrected chi connectivity index (χ3v) is 5.44. The molecule has 0 radical (unpaired) electrons. The first kappa shape index (κ1) is 27.0. The topological polar surface area (TPSA) is 98.8 Å². The predicted octanol–water partition coefficient (Wildman–Crippen LogP) is 6.00. The second-order valence-electron chi connectivity index (χ2n) is 9.61. The minimum absolute atomic E-state index is 0.0360. The van der Waals surface area contributed by atoms with Crippen LogP contribution in [0.1, 0.15) is 56.2 Å². The smallest absolute Gasteiger partial charge is 0.414 e. The Morgan fingerprint density at radius 3 is 2.47 bits per heavy atom. The average molecular weight is 512 g/mol. The summed E-state index contributed by atoms with van der Waals surface area (Å²) in [5.41, 5.74) is 2.56. The van der Waals surface area contributed by atoms with Crippen LogP contribution < -0.4 is 24.8 Å². The van der Waals surface area contributed by atoms with Gasteiger partial charge in [0.2, 0.25) is 0 Å². The highest BCUT2D eigenvalue weighted by Crippen LogP contribution is 2.24. The Kier molecular flexibility index (Phi) is 8.93. The normalized spacial score (nSPS) is 11.2. The lowest BCUT2D eigenvalue weighted by atomic mass is 10.1. The number of hydrogen-bond acceptors (Lipinski definition) is 7. The number of anilines is 1. The number of amides is 2. The third-order valence-electron chi connectivity index (χ3n) is 4.67. The lowest BCUT2D eigenvalue weighted by Crippen LogP contribution is -2.42. The van der Waals surface area contributed by atoms with E-state index >= 15 is 0 Å². The Hall–Kier alpha value is -3.59. The molecule has 0 saturated heterocycles. The summed E-state index contributed by atoms with van der Waals surface area (Å²) in [6, 6.07) is 12.7. The molecule has 0 aliphatic carbocycles. The highest BCUT2D eigenvalue weighted by atomic mass is 32.1. The van der Waals surface area contributed by atoms with Crippen molar-refractivity contribution in [2.45, 2.75) is 59.6 Å². The van der Waals surface area contributed by atoms with Gasteiger partial charge < -0.3 is 24.8 Å². The van der Waals surface area contributed by atoms with Gasteiger partial charge in [0, 0.05) is 23.0 Å². The summed E-state index contributed by atoms with van der Waals surface area (Å²) in [5, 5.41) is 7.76. The van der Waals surface area contributed by atoms with Gasteiger partial charge in [0.1, 0.15) is 11.5 Å². The van der Waals surface area contributed by atoms with Crippen molar-refractivity contribution in [2.24, 2.45) is 0 Å². The summed E-state index contributed by atoms with van der Waals surface area (Å²) in [6.07, 6.45) is -0.00491. The zero-order chi connectivity index (χ0) is 26.3. The lowest BCUT2D eigenvalue weighted by molar-refractivity contribution is 0.102. The molecule has 8 nitrogen and oxygen atoms in total. The summed E-state index contributed by atoms with van der Waals surface area (Å²) in [6.45, 7) is 11.8. The Morgan fingerprint density at radius 1 is 1.08 bits per heavy atom. The monoisotopic (exact) mass is 511 g/mol. The molecule has 1 heterocycles. The van der Waals surface area contributed by atoms with Crippen molar-refractivity contribution in [2.75, 3.05) is 11.9 Å². The van der Waals surface area contributed by atoms with Crippen molar-refractivity contribution in [3.05, 3.63) is 64.7 Å². The van der Waals surface area contributed by atoms with Crippen LogP contribution in [0.5, 0.6) is 16.7 Å². The molecule has 2 N–H and O–H groups in total. The summed E-state index contributed by atoms with van der Waals surface area (Å²) < 4.78 is 16.8. The van der Waals surface area contributed by atoms with Crippen LogP contribution in [0.25, 0.3) is 0 Å². The van der Waals surface area contributed by atoms with E-state index in [1.54, 1.807) is 30.3 Å². The largest absolute Gasteiger partial charge is 0.493 e. The number of aryl methyl sites for hydroxylation is 1. The number of ether oxygens (including phenoxy) is 3. The fourth-order valence-electron chi connectivity index (χ4n) is 3.14. The number of hydrogen-bond donors (Lipinski definition) is 2. The molecule has 0 fully saturated rings. The van der Waals surface area contributed by atoms with Gasteiger partial charge >= 0.3 is 6.09 Å². The first-order valence-electron chi connectivity index (χ1n) is 11.7. The van der Waals surface area contributed by atoms with Crippen LogP contribution in [0.15, 0.2) is 47.8 Å². The molecule has 0 aliphatic rings. The molecule has 1 aromatic heterocycles. The quantitative estimate of drug-likeness (QED) is 0.366. The van der Waals surface area contributed by atoms with Crippen molar-refractivity contribution < 1.29 is 23.8 Å². The molecule has 2 amide bonds. The fraction of sp³-hybridized carbons (Fsp3) is 0.370. The maximum atomic E-state index is 12.8. The molecule has 3 rings (SSSR count). The SMILES string of the molecule is Cc1ccc(C(=O)Nc2ccc(OCCc3csc(OC(=O)NC(C)(C)C)n3)cc2)c(OC(C)C)c1. The van der Waals surface area contributed by atoms with Crippen molar-refractivity contribution in [3.63, 3.8) is 0 Å². The standard InChI is InChI=1S/C27H33N3O5S/c1-17(2)34-23-15-18(3)7-12-22(23)24(31)28-19-8-10-21(11-9-19)33-14-13-20-16-36-26(29-20)35-25(32)30-27(4,5)6/h7-12,15-17H,13-14H2,1-6H3,(H,28,31)(H,30,32). The van der Waals surface area contributed by atoms with Crippen molar-refractivity contribution in [3.8, 4) is 16.7 Å². The number of benzene rings is 2. The van der Waals surface area contributed by atoms with Crippen LogP contribution in [0.2, 0.25) is 0 Å². The van der Waals surface area contributed by atoms with Crippen LogP contribution in [-0.2, 0) is 6.42 Å². The first-order chi connectivity index (χ1) is 17.0. The highest BCUT2D eigenvalue weighted by Gasteiger charge is 2.17. The maximum Gasteiger partial charge on any atom is 0.414 e. The number of carbonyl (C=O) groups is 2. The molecular weight excluding hydrogens is 478 g/mol. The van der Waals surface area contributed by atoms with Gasteiger partial charge in [-0.05, 0) is 83.5 Å². The highest BCUT2D eigenvalue weighted by molar-refractivity contribution is 7.11. The van der Waals surface area contributed by atoms with Gasteiger partial charge in [-0.25, -0.2) is 9.78 Å². The summed E-state index contributed by atoms with van der Waals surface area (Å²) in [4.78, 5) is 29.0. The van der Waals surface area contributed by atoms with Crippen molar-refractivity contribution >= 4 is 29.0 Å². The number of carbonyl (C=O) groups excluding carboxylic acids is 2. The van der Waals surface area contributed by atoms with Gasteiger partial charge in [-0.2, -0.15) is 0 Å². The van der Waals surface area contributed by atoms with Gasteiger partial charge in [-0.15, -0.1) is 0 Å². The van der Waals surface area contributed by atoms with E-state index in [0.29, 0.717) is 41.0 Å². The molecule has 0 bridgehead atoms. The van der Waals surface area contributed by atoms with Crippen LogP contribution in [0.4, 0.5) is 10.5 Å². The van der Waals surface area contributed by atoms with E-state index in [1.165, 1.54) is 11.3 Å². The van der Waals surface area contributed by atoms with E-state index in [2.05, 4.69) is 15.6 Å². The molecule has 9 heteroatoms. The maximum absolute atomic E-state index is 12.8. The van der Waals surface area contributed by atoms with E-state index in [4.69, 9.17) is 14.2 Å². The Bertz CT molecular complexity index is 1180. The minimum atomic E-state index is -0.530. The molecule has 2 aromatic carbocycles. The van der Waals surface area contributed by atoms with Crippen molar-refractivity contribution in [1.29, 1.82) is 0 Å². The molecule has 0 unspecified atom stereocenters. The Balaban J connectivity index is 1.49. The van der Waals surface area contributed by atoms with Gasteiger partial charge in [-0.1, -0.05) is 17.4 Å². The van der Waals surface area contributed by atoms with Crippen LogP contribution in [0.3, 0.4) is 0 Å². The number of nitrogens with zero attached hydrogens (tertiary/aromatic N) is 1. The van der Waals surface area contributed by atoms with E-state index in [1.807, 2.05) is 59.1 Å². The van der Waals surface area contributed by atoms with Gasteiger partial charge in [0.05, 0.1) is 24.0 Å². The summed E-state index contributed by atoms with van der Waals surface area (Å²) >= 11 is 1.26. The minimum Gasteiger partial charge on any atom is -0.493 e. The van der Waals surface area contributed by atoms with Crippen LogP contribution in [0, 0.1) is 6.92 Å². The molecule has 192 valence electrons. The third kappa shape index (κ3) is 8.57. The lowest BCUT2D eigenvalue weighted by Gasteiger charge is -2.18. The molecule has 3 aromatic rings. The van der Waals surface area contributed by atoms with E-state index in [-0.39, 0.29) is 17.6 Å². The zero-order valence-corrected chi connectivity index (χ0v) is 22.3.